The van der Waals surface area contributed by atoms with Crippen molar-refractivity contribution in [2.45, 2.75) is 154 Å². The normalized spacial score (nSPS) is 17.5. The Morgan fingerprint density at radius 3 is 1.95 bits per heavy atom. The molecule has 2 aliphatic rings. The predicted octanol–water partition coefficient (Wildman–Crippen LogP) is -1.58. The van der Waals surface area contributed by atoms with Gasteiger partial charge in [-0.2, -0.15) is 0 Å². The molecule has 2 aromatic heterocycles. The van der Waals surface area contributed by atoms with Gasteiger partial charge >= 0.3 is 0 Å². The van der Waals surface area contributed by atoms with Crippen LogP contribution >= 0.6 is 0 Å². The standard InChI is InChI=1S/C59H84N16O12/c1-7-63-55(84)46-15-11-23-75(46)58(87)41(14-10-22-64-59(60)61)68-57(86)49(33(6)31(2)3)74-56(85)48(32(4)5)73-53(82)42(24-34-16-18-37(77)19-17-34)69-54(83)45(29-76)72-51(80)43(25-35-27-65-39-13-9-8-12-38(35)39)70-52(81)44(26-36-28-62-30-66-36)71-50(79)40-20-21-47(78)67-40/h8-9,12-13,16-19,27-28,30-33,40-46,48-49,65,76-77H,7,10-11,14-15,20-26,29H2,1-6H3,(H,62,66)(H,63,84)(H,67,78)(H,68,86)(H,69,83)(H,70,81)(H,71,79)(H,72,80)(H,73,82)(H,74,85)(H4,60,61,64)/t33?,40-,41-,42-,43-,44-,45-,46-,48+,49-/m0/s1. The summed E-state index contributed by atoms with van der Waals surface area (Å²) in [6, 6.07) is 1.46. The van der Waals surface area contributed by atoms with Crippen molar-refractivity contribution >= 4 is 75.9 Å². The number of aliphatic hydroxyl groups excluding tert-OH is 1. The number of aromatic amines is 2. The molecule has 2 saturated heterocycles. The van der Waals surface area contributed by atoms with Crippen LogP contribution in [0.1, 0.15) is 96.9 Å². The van der Waals surface area contributed by atoms with Crippen LogP contribution in [0, 0.1) is 17.8 Å². The number of carbonyl (C=O) groups excluding carboxylic acids is 10. The van der Waals surface area contributed by atoms with Crippen molar-refractivity contribution in [2.75, 3.05) is 26.2 Å². The summed E-state index contributed by atoms with van der Waals surface area (Å²) >= 11 is 0. The second kappa shape index (κ2) is 31.9. The first-order valence-electron chi connectivity index (χ1n) is 29.4. The molecule has 28 nitrogen and oxygen atoms in total. The molecular formula is C59H84N16O12. The fourth-order valence-corrected chi connectivity index (χ4v) is 10.4. The number of rotatable bonds is 31. The van der Waals surface area contributed by atoms with Gasteiger partial charge < -0.3 is 84.4 Å². The second-order valence-electron chi connectivity index (χ2n) is 22.7. The number of nitrogens with two attached hydrogens (primary N) is 2. The van der Waals surface area contributed by atoms with Crippen LogP contribution in [0.2, 0.25) is 0 Å². The number of para-hydroxylation sites is 1. The molecule has 0 bridgehead atoms. The zero-order valence-electron chi connectivity index (χ0n) is 49.9. The number of hydrogen-bond acceptors (Lipinski definition) is 14. The molecule has 17 N–H and O–H groups in total. The van der Waals surface area contributed by atoms with Crippen molar-refractivity contribution in [1.82, 2.24) is 67.7 Å². The lowest BCUT2D eigenvalue weighted by molar-refractivity contribution is -0.142. The smallest absolute Gasteiger partial charge is 0.245 e. The third kappa shape index (κ3) is 19.0. The van der Waals surface area contributed by atoms with E-state index in [1.165, 1.54) is 41.7 Å². The summed E-state index contributed by atoms with van der Waals surface area (Å²) < 4.78 is 0. The number of nitrogens with one attached hydrogen (secondary N) is 11. The Balaban J connectivity index is 1.22. The summed E-state index contributed by atoms with van der Waals surface area (Å²) in [5, 5.41) is 45.9. The maximum atomic E-state index is 14.7. The minimum absolute atomic E-state index is 0.0805. The number of guanidine groups is 1. The minimum Gasteiger partial charge on any atom is -0.508 e. The van der Waals surface area contributed by atoms with Crippen LogP contribution in [-0.2, 0) is 67.2 Å². The molecule has 0 saturated carbocycles. The molecule has 2 aromatic carbocycles. The molecule has 1 unspecified atom stereocenters. The van der Waals surface area contributed by atoms with E-state index in [0.717, 1.165) is 5.52 Å². The summed E-state index contributed by atoms with van der Waals surface area (Å²) in [6.07, 6.45) is 5.63. The number of carbonyl (C=O) groups is 10. The van der Waals surface area contributed by atoms with E-state index in [-0.39, 0.29) is 87.5 Å². The Bertz CT molecular complexity index is 3070. The molecule has 28 heteroatoms. The van der Waals surface area contributed by atoms with E-state index >= 15 is 0 Å². The molecule has 6 rings (SSSR count). The monoisotopic (exact) mass is 1210 g/mol. The van der Waals surface area contributed by atoms with Crippen molar-refractivity contribution in [3.05, 3.63) is 84.1 Å². The van der Waals surface area contributed by atoms with Gasteiger partial charge in [0.1, 0.15) is 60.1 Å². The summed E-state index contributed by atoms with van der Waals surface area (Å²) in [5.41, 5.74) is 13.3. The van der Waals surface area contributed by atoms with E-state index in [4.69, 9.17) is 11.5 Å². The molecule has 4 aromatic rings. The zero-order chi connectivity index (χ0) is 63.5. The Morgan fingerprint density at radius 2 is 1.33 bits per heavy atom. The van der Waals surface area contributed by atoms with Crippen LogP contribution in [0.25, 0.3) is 10.9 Å². The third-order valence-corrected chi connectivity index (χ3v) is 15.6. The topological polar surface area (TPSA) is 432 Å². The van der Waals surface area contributed by atoms with Crippen LogP contribution in [0.3, 0.4) is 0 Å². The number of aliphatic imine (C=N–C) groups is 1. The van der Waals surface area contributed by atoms with Gasteiger partial charge in [-0.15, -0.1) is 0 Å². The van der Waals surface area contributed by atoms with Crippen molar-refractivity contribution in [3.63, 3.8) is 0 Å². The molecule has 10 atom stereocenters. The number of amides is 10. The molecular weight excluding hydrogens is 1120 g/mol. The zero-order valence-corrected chi connectivity index (χ0v) is 49.9. The van der Waals surface area contributed by atoms with Crippen LogP contribution in [0.4, 0.5) is 0 Å². The maximum Gasteiger partial charge on any atom is 0.245 e. The quantitative estimate of drug-likeness (QED) is 0.0154. The number of benzene rings is 2. The van der Waals surface area contributed by atoms with Gasteiger partial charge in [0.15, 0.2) is 5.96 Å². The highest BCUT2D eigenvalue weighted by atomic mass is 16.3. The Kier molecular flexibility index (Phi) is 24.6. The van der Waals surface area contributed by atoms with Gasteiger partial charge in [0, 0.05) is 74.3 Å². The number of likely N-dealkylation sites (N-methyl/N-ethyl adjacent to an activating group) is 1. The number of phenolic OH excluding ortho intramolecular Hbond substituents is 1. The van der Waals surface area contributed by atoms with Gasteiger partial charge in [-0.3, -0.25) is 52.9 Å². The number of aromatic hydroxyl groups is 1. The molecule has 0 spiro atoms. The number of nitrogens with zero attached hydrogens (tertiary/aromatic N) is 3. The van der Waals surface area contributed by atoms with E-state index in [2.05, 4.69) is 67.8 Å². The number of H-pyrrole nitrogens is 2. The van der Waals surface area contributed by atoms with E-state index < -0.39 is 120 Å². The Morgan fingerprint density at radius 1 is 0.713 bits per heavy atom. The van der Waals surface area contributed by atoms with Gasteiger partial charge in [0.25, 0.3) is 0 Å². The maximum absolute atomic E-state index is 14.7. The lowest BCUT2D eigenvalue weighted by atomic mass is 9.88. The number of aliphatic hydroxyl groups is 1. The van der Waals surface area contributed by atoms with Crippen molar-refractivity contribution < 1.29 is 58.2 Å². The average Bonchev–Trinajstić information content (AvgIpc) is 2.98. The first kappa shape index (κ1) is 67.1. The molecule has 2 aliphatic heterocycles. The molecule has 472 valence electrons. The summed E-state index contributed by atoms with van der Waals surface area (Å²) in [6.45, 7) is 10.3. The molecule has 87 heavy (non-hydrogen) atoms. The summed E-state index contributed by atoms with van der Waals surface area (Å²) in [4.78, 5) is 155. The fourth-order valence-electron chi connectivity index (χ4n) is 10.4. The van der Waals surface area contributed by atoms with E-state index in [9.17, 15) is 58.2 Å². The van der Waals surface area contributed by atoms with Crippen molar-refractivity contribution in [3.8, 4) is 5.75 Å². The molecule has 0 aliphatic carbocycles. The SMILES string of the molecule is CCNC(=O)[C@@H]1CCCN1C(=O)[C@H](CCCN=C(N)N)NC(=O)[C@@H](NC(=O)[C@H](NC(=O)[C@H](Cc1ccc(O)cc1)NC(=O)[C@H](CO)NC(=O)[C@H](Cc1c[nH]c2ccccc12)NC(=O)[C@H](Cc1cnc[nH]1)NC(=O)[C@@H]1CCC(=O)N1)C(C)C)C(C)C(C)C. The summed E-state index contributed by atoms with van der Waals surface area (Å²) in [7, 11) is 0. The van der Waals surface area contributed by atoms with Crippen molar-refractivity contribution in [2.24, 2.45) is 34.2 Å². The van der Waals surface area contributed by atoms with E-state index in [0.29, 0.717) is 41.6 Å². The van der Waals surface area contributed by atoms with Gasteiger partial charge in [0.2, 0.25) is 59.1 Å². The second-order valence-corrected chi connectivity index (χ2v) is 22.7. The lowest BCUT2D eigenvalue weighted by Crippen LogP contribution is -2.62. The molecule has 2 fully saturated rings. The highest BCUT2D eigenvalue weighted by molar-refractivity contribution is 5.99. The molecule has 10 amide bonds. The van der Waals surface area contributed by atoms with Crippen LogP contribution in [-0.4, -0.2) is 176 Å². The molecule has 4 heterocycles. The highest BCUT2D eigenvalue weighted by Gasteiger charge is 2.41. The van der Waals surface area contributed by atoms with Crippen LogP contribution < -0.4 is 59.3 Å². The average molecular weight is 1210 g/mol. The predicted molar refractivity (Wildman–Crippen MR) is 320 cm³/mol. The number of likely N-dealkylation sites (tertiary alicyclic amines) is 1. The number of phenols is 1. The number of hydrogen-bond donors (Lipinski definition) is 15. The van der Waals surface area contributed by atoms with Gasteiger partial charge in [0.05, 0.1) is 12.9 Å². The van der Waals surface area contributed by atoms with Crippen LogP contribution in [0.15, 0.2) is 72.2 Å². The highest BCUT2D eigenvalue weighted by Crippen LogP contribution is 2.23. The number of aromatic nitrogens is 3. The number of imidazole rings is 1. The van der Waals surface area contributed by atoms with Crippen molar-refractivity contribution in [1.29, 1.82) is 0 Å². The van der Waals surface area contributed by atoms with E-state index in [1.807, 2.05) is 19.9 Å². The van der Waals surface area contributed by atoms with E-state index in [1.54, 1.807) is 52.1 Å². The first-order valence-corrected chi connectivity index (χ1v) is 29.4. The van der Waals surface area contributed by atoms with Gasteiger partial charge in [-0.25, -0.2) is 4.98 Å². The third-order valence-electron chi connectivity index (χ3n) is 15.6. The Hall–Kier alpha value is -9.08. The first-order chi connectivity index (χ1) is 41.5. The van der Waals surface area contributed by atoms with Gasteiger partial charge in [-0.1, -0.05) is 65.0 Å². The van der Waals surface area contributed by atoms with Gasteiger partial charge in [-0.05, 0) is 86.1 Å². The summed E-state index contributed by atoms with van der Waals surface area (Å²) in [5.74, 6) is -8.62. The fraction of sp³-hybridized carbons (Fsp3) is 0.525. The number of fused-ring (bicyclic) bond motifs is 1. The lowest BCUT2D eigenvalue weighted by Gasteiger charge is -2.33. The minimum atomic E-state index is -1.76. The Labute approximate surface area is 504 Å². The largest absolute Gasteiger partial charge is 0.508 e. The molecule has 0 radical (unpaired) electrons. The van der Waals surface area contributed by atoms with Crippen LogP contribution in [0.5, 0.6) is 5.75 Å².